The fraction of sp³-hybridized carbons (Fsp3) is 0.875. The van der Waals surface area contributed by atoms with Crippen LogP contribution in [0.1, 0.15) is 13.3 Å². The van der Waals surface area contributed by atoms with E-state index in [1.54, 1.807) is 18.0 Å². The molecule has 1 rings (SSSR count). The Balaban J connectivity index is 2.30. The lowest BCUT2D eigenvalue weighted by Gasteiger charge is -2.17. The maximum atomic E-state index is 10.9. The van der Waals surface area contributed by atoms with Gasteiger partial charge in [-0.15, -0.1) is 0 Å². The minimum Gasteiger partial charge on any atom is -0.362 e. The van der Waals surface area contributed by atoms with Gasteiger partial charge >= 0.3 is 0 Å². The van der Waals surface area contributed by atoms with Crippen LogP contribution in [0.5, 0.6) is 0 Å². The van der Waals surface area contributed by atoms with Gasteiger partial charge in [0.15, 0.2) is 5.17 Å². The Morgan fingerprint density at radius 2 is 2.54 bits per heavy atom. The van der Waals surface area contributed by atoms with Crippen molar-refractivity contribution in [3.05, 3.63) is 0 Å². The van der Waals surface area contributed by atoms with Gasteiger partial charge in [0, 0.05) is 41.1 Å². The van der Waals surface area contributed by atoms with Gasteiger partial charge in [0.2, 0.25) is 0 Å². The second kappa shape index (κ2) is 5.65. The molecule has 0 amide bonds. The van der Waals surface area contributed by atoms with E-state index in [0.717, 1.165) is 17.5 Å². The number of hydrogen-bond acceptors (Lipinski definition) is 4. The Labute approximate surface area is 86.2 Å². The number of nitrogens with zero attached hydrogens (tertiary/aromatic N) is 1. The lowest BCUT2D eigenvalue weighted by Crippen LogP contribution is -2.35. The maximum Gasteiger partial charge on any atom is 0.156 e. The molecule has 0 radical (unpaired) electrons. The Hall–Kier alpha value is -0.0300. The van der Waals surface area contributed by atoms with Crippen LogP contribution in [-0.4, -0.2) is 39.7 Å². The van der Waals surface area contributed by atoms with E-state index in [1.807, 2.05) is 6.92 Å². The van der Waals surface area contributed by atoms with Gasteiger partial charge in [-0.25, -0.2) is 0 Å². The third-order valence-electron chi connectivity index (χ3n) is 1.65. The van der Waals surface area contributed by atoms with Crippen molar-refractivity contribution in [3.8, 4) is 0 Å². The van der Waals surface area contributed by atoms with Gasteiger partial charge in [-0.1, -0.05) is 11.8 Å². The Morgan fingerprint density at radius 1 is 1.77 bits per heavy atom. The second-order valence-electron chi connectivity index (χ2n) is 3.17. The third-order valence-corrected chi connectivity index (χ3v) is 3.63. The average Bonchev–Trinajstić information content (AvgIpc) is 2.04. The SMILES string of the molecule is CC(CS(C)=O)NC1=NCCCS1. The predicted molar refractivity (Wildman–Crippen MR) is 60.9 cm³/mol. The zero-order chi connectivity index (χ0) is 9.68. The summed E-state index contributed by atoms with van der Waals surface area (Å²) in [6.07, 6.45) is 2.90. The lowest BCUT2D eigenvalue weighted by atomic mass is 10.4. The molecular formula is C8H16N2OS2. The van der Waals surface area contributed by atoms with E-state index in [0.29, 0.717) is 5.75 Å². The highest BCUT2D eigenvalue weighted by molar-refractivity contribution is 8.13. The molecule has 0 spiro atoms. The van der Waals surface area contributed by atoms with Gasteiger partial charge in [0.1, 0.15) is 0 Å². The zero-order valence-corrected chi connectivity index (χ0v) is 9.71. The first-order chi connectivity index (χ1) is 6.18. The summed E-state index contributed by atoms with van der Waals surface area (Å²) in [4.78, 5) is 4.35. The summed E-state index contributed by atoms with van der Waals surface area (Å²) in [5.41, 5.74) is 0. The van der Waals surface area contributed by atoms with Crippen LogP contribution in [0.25, 0.3) is 0 Å². The van der Waals surface area contributed by atoms with Crippen LogP contribution in [0.2, 0.25) is 0 Å². The number of amidine groups is 1. The van der Waals surface area contributed by atoms with Crippen LogP contribution in [-0.2, 0) is 10.8 Å². The molecule has 1 aliphatic heterocycles. The molecule has 1 heterocycles. The molecule has 1 N–H and O–H groups in total. The first-order valence-corrected chi connectivity index (χ1v) is 7.13. The fourth-order valence-corrected chi connectivity index (χ4v) is 2.87. The van der Waals surface area contributed by atoms with E-state index >= 15 is 0 Å². The van der Waals surface area contributed by atoms with Gasteiger partial charge in [0.05, 0.1) is 0 Å². The second-order valence-corrected chi connectivity index (χ2v) is 5.74. The molecule has 3 nitrogen and oxygen atoms in total. The van der Waals surface area contributed by atoms with Gasteiger partial charge < -0.3 is 5.32 Å². The summed E-state index contributed by atoms with van der Waals surface area (Å²) in [6, 6.07) is 0.259. The Kier molecular flexibility index (Phi) is 4.80. The number of thioether (sulfide) groups is 1. The lowest BCUT2D eigenvalue weighted by molar-refractivity contribution is 0.671. The Bertz CT molecular complexity index is 218. The normalized spacial score (nSPS) is 21.8. The van der Waals surface area contributed by atoms with Crippen molar-refractivity contribution < 1.29 is 4.21 Å². The fourth-order valence-electron chi connectivity index (χ4n) is 1.15. The van der Waals surface area contributed by atoms with Crippen molar-refractivity contribution in [2.45, 2.75) is 19.4 Å². The smallest absolute Gasteiger partial charge is 0.156 e. The Morgan fingerprint density at radius 3 is 3.08 bits per heavy atom. The van der Waals surface area contributed by atoms with E-state index in [9.17, 15) is 4.21 Å². The summed E-state index contributed by atoms with van der Waals surface area (Å²) < 4.78 is 10.9. The third kappa shape index (κ3) is 4.67. The van der Waals surface area contributed by atoms with E-state index < -0.39 is 10.8 Å². The molecule has 0 aromatic carbocycles. The molecule has 0 aromatic heterocycles. The van der Waals surface area contributed by atoms with Crippen LogP contribution >= 0.6 is 11.8 Å². The number of nitrogens with one attached hydrogen (secondary N) is 1. The first-order valence-electron chi connectivity index (χ1n) is 4.42. The molecule has 5 heteroatoms. The zero-order valence-electron chi connectivity index (χ0n) is 8.08. The minimum absolute atomic E-state index is 0.259. The summed E-state index contributed by atoms with van der Waals surface area (Å²) in [7, 11) is -0.727. The predicted octanol–water partition coefficient (Wildman–Crippen LogP) is 0.836. The highest BCUT2D eigenvalue weighted by atomic mass is 32.2. The standard InChI is InChI=1S/C8H16N2OS2/c1-7(6-13(2)11)10-8-9-4-3-5-12-8/h7H,3-6H2,1-2H3,(H,9,10). The quantitative estimate of drug-likeness (QED) is 0.766. The summed E-state index contributed by atoms with van der Waals surface area (Å²) in [5.74, 6) is 1.84. The van der Waals surface area contributed by atoms with E-state index in [-0.39, 0.29) is 6.04 Å². The molecule has 0 bridgehead atoms. The van der Waals surface area contributed by atoms with Crippen molar-refractivity contribution in [3.63, 3.8) is 0 Å². The molecule has 2 unspecified atom stereocenters. The van der Waals surface area contributed by atoms with Crippen molar-refractivity contribution in [1.29, 1.82) is 0 Å². The van der Waals surface area contributed by atoms with Crippen LogP contribution < -0.4 is 5.32 Å². The minimum atomic E-state index is -0.727. The molecule has 0 saturated heterocycles. The molecule has 2 atom stereocenters. The molecule has 0 aromatic rings. The van der Waals surface area contributed by atoms with E-state index in [4.69, 9.17) is 0 Å². The average molecular weight is 220 g/mol. The molecular weight excluding hydrogens is 204 g/mol. The maximum absolute atomic E-state index is 10.9. The molecule has 0 saturated carbocycles. The van der Waals surface area contributed by atoms with Crippen molar-refractivity contribution in [1.82, 2.24) is 5.32 Å². The molecule has 0 aliphatic carbocycles. The summed E-state index contributed by atoms with van der Waals surface area (Å²) >= 11 is 1.76. The number of aliphatic imine (C=N–C) groups is 1. The van der Waals surface area contributed by atoms with Crippen LogP contribution in [0.3, 0.4) is 0 Å². The topological polar surface area (TPSA) is 41.5 Å². The van der Waals surface area contributed by atoms with E-state index in [1.165, 1.54) is 6.42 Å². The number of rotatable bonds is 3. The molecule has 0 fully saturated rings. The molecule has 76 valence electrons. The van der Waals surface area contributed by atoms with Crippen LogP contribution in [0.15, 0.2) is 4.99 Å². The summed E-state index contributed by atoms with van der Waals surface area (Å²) in [6.45, 7) is 2.97. The van der Waals surface area contributed by atoms with Crippen molar-refractivity contribution in [2.24, 2.45) is 4.99 Å². The van der Waals surface area contributed by atoms with Gasteiger partial charge in [-0.2, -0.15) is 0 Å². The molecule has 13 heavy (non-hydrogen) atoms. The largest absolute Gasteiger partial charge is 0.362 e. The van der Waals surface area contributed by atoms with Crippen LogP contribution in [0, 0.1) is 0 Å². The van der Waals surface area contributed by atoms with Crippen molar-refractivity contribution >= 4 is 27.7 Å². The van der Waals surface area contributed by atoms with Crippen molar-refractivity contribution in [2.75, 3.05) is 24.3 Å². The monoisotopic (exact) mass is 220 g/mol. The van der Waals surface area contributed by atoms with Gasteiger partial charge in [-0.3, -0.25) is 9.20 Å². The van der Waals surface area contributed by atoms with Gasteiger partial charge in [-0.05, 0) is 13.3 Å². The number of hydrogen-bond donors (Lipinski definition) is 1. The first kappa shape index (κ1) is 11.0. The van der Waals surface area contributed by atoms with Crippen LogP contribution in [0.4, 0.5) is 0 Å². The molecule has 1 aliphatic rings. The van der Waals surface area contributed by atoms with E-state index in [2.05, 4.69) is 10.3 Å². The van der Waals surface area contributed by atoms with Gasteiger partial charge in [0.25, 0.3) is 0 Å². The highest BCUT2D eigenvalue weighted by Gasteiger charge is 2.09. The summed E-state index contributed by atoms with van der Waals surface area (Å²) in [5, 5.41) is 4.29. The highest BCUT2D eigenvalue weighted by Crippen LogP contribution is 2.10.